The fraction of sp³-hybridized carbons (Fsp3) is 0.105. The average molecular weight is 350 g/mol. The zero-order valence-electron chi connectivity index (χ0n) is 14.4. The SMILES string of the molecule is COc1ccc(-c2cc(Nc3ccc(C(N)=O)cc3)ncn2)c(OC)c1. The summed E-state index contributed by atoms with van der Waals surface area (Å²) in [6.45, 7) is 0. The molecule has 0 atom stereocenters. The average Bonchev–Trinajstić information content (AvgIpc) is 2.68. The normalized spacial score (nSPS) is 10.2. The van der Waals surface area contributed by atoms with Gasteiger partial charge in [0.2, 0.25) is 5.91 Å². The van der Waals surface area contributed by atoms with Crippen molar-refractivity contribution in [2.75, 3.05) is 19.5 Å². The molecule has 7 nitrogen and oxygen atoms in total. The van der Waals surface area contributed by atoms with Crippen molar-refractivity contribution in [3.05, 3.63) is 60.4 Å². The van der Waals surface area contributed by atoms with Crippen molar-refractivity contribution in [1.82, 2.24) is 9.97 Å². The van der Waals surface area contributed by atoms with E-state index in [4.69, 9.17) is 15.2 Å². The van der Waals surface area contributed by atoms with Crippen molar-refractivity contribution in [1.29, 1.82) is 0 Å². The Kier molecular flexibility index (Phi) is 4.98. The maximum Gasteiger partial charge on any atom is 0.248 e. The molecule has 132 valence electrons. The molecule has 2 aromatic carbocycles. The summed E-state index contributed by atoms with van der Waals surface area (Å²) in [5.41, 5.74) is 8.00. The van der Waals surface area contributed by atoms with Crippen LogP contribution in [0.2, 0.25) is 0 Å². The Morgan fingerprint density at radius 2 is 1.77 bits per heavy atom. The van der Waals surface area contributed by atoms with Crippen LogP contribution < -0.4 is 20.5 Å². The van der Waals surface area contributed by atoms with E-state index in [0.29, 0.717) is 28.6 Å². The molecule has 0 aliphatic rings. The van der Waals surface area contributed by atoms with Crippen LogP contribution in [0.1, 0.15) is 10.4 Å². The quantitative estimate of drug-likeness (QED) is 0.709. The number of carbonyl (C=O) groups is 1. The number of hydrogen-bond donors (Lipinski definition) is 2. The van der Waals surface area contributed by atoms with Gasteiger partial charge < -0.3 is 20.5 Å². The number of ether oxygens (including phenoxy) is 2. The Morgan fingerprint density at radius 3 is 2.42 bits per heavy atom. The molecule has 26 heavy (non-hydrogen) atoms. The van der Waals surface area contributed by atoms with Crippen LogP contribution in [0.15, 0.2) is 54.9 Å². The van der Waals surface area contributed by atoms with Gasteiger partial charge >= 0.3 is 0 Å². The zero-order valence-corrected chi connectivity index (χ0v) is 14.4. The summed E-state index contributed by atoms with van der Waals surface area (Å²) >= 11 is 0. The summed E-state index contributed by atoms with van der Waals surface area (Å²) in [4.78, 5) is 19.7. The first kappa shape index (κ1) is 17.2. The Hall–Kier alpha value is -3.61. The largest absolute Gasteiger partial charge is 0.497 e. The van der Waals surface area contributed by atoms with Crippen LogP contribution in [0.5, 0.6) is 11.5 Å². The highest BCUT2D eigenvalue weighted by Gasteiger charge is 2.10. The minimum absolute atomic E-state index is 0.446. The molecule has 3 N–H and O–H groups in total. The van der Waals surface area contributed by atoms with Crippen molar-refractivity contribution in [3.8, 4) is 22.8 Å². The number of nitrogens with zero attached hydrogens (tertiary/aromatic N) is 2. The molecular weight excluding hydrogens is 332 g/mol. The van der Waals surface area contributed by atoms with E-state index in [-0.39, 0.29) is 0 Å². The number of aromatic nitrogens is 2. The van der Waals surface area contributed by atoms with Gasteiger partial charge in [0, 0.05) is 28.9 Å². The van der Waals surface area contributed by atoms with Crippen molar-refractivity contribution >= 4 is 17.4 Å². The molecule has 0 unspecified atom stereocenters. The zero-order chi connectivity index (χ0) is 18.5. The number of anilines is 2. The number of nitrogens with one attached hydrogen (secondary N) is 1. The van der Waals surface area contributed by atoms with E-state index < -0.39 is 5.91 Å². The van der Waals surface area contributed by atoms with Gasteiger partial charge in [-0.3, -0.25) is 4.79 Å². The van der Waals surface area contributed by atoms with E-state index in [1.165, 1.54) is 6.33 Å². The van der Waals surface area contributed by atoms with Crippen LogP contribution in [-0.4, -0.2) is 30.1 Å². The van der Waals surface area contributed by atoms with Gasteiger partial charge in [-0.05, 0) is 36.4 Å². The van der Waals surface area contributed by atoms with Crippen molar-refractivity contribution in [3.63, 3.8) is 0 Å². The van der Waals surface area contributed by atoms with E-state index in [0.717, 1.165) is 11.3 Å². The first-order chi connectivity index (χ1) is 12.6. The van der Waals surface area contributed by atoms with Crippen LogP contribution in [0.3, 0.4) is 0 Å². The standard InChI is InChI=1S/C19H18N4O3/c1-25-14-7-8-15(17(9-14)26-2)16-10-18(22-11-21-16)23-13-5-3-12(4-6-13)19(20)24/h3-11H,1-2H3,(H2,20,24)(H,21,22,23). The van der Waals surface area contributed by atoms with Gasteiger partial charge in [-0.1, -0.05) is 0 Å². The molecule has 0 bridgehead atoms. The number of primary amides is 1. The molecule has 1 heterocycles. The minimum atomic E-state index is -0.465. The van der Waals surface area contributed by atoms with Gasteiger partial charge in [-0.2, -0.15) is 0 Å². The number of benzene rings is 2. The van der Waals surface area contributed by atoms with Gasteiger partial charge in [-0.25, -0.2) is 9.97 Å². The molecule has 0 aliphatic heterocycles. The highest BCUT2D eigenvalue weighted by Crippen LogP contribution is 2.33. The third-order valence-corrected chi connectivity index (χ3v) is 3.79. The van der Waals surface area contributed by atoms with Crippen LogP contribution in [-0.2, 0) is 0 Å². The van der Waals surface area contributed by atoms with E-state index in [9.17, 15) is 4.79 Å². The molecule has 0 fully saturated rings. The van der Waals surface area contributed by atoms with Crippen molar-refractivity contribution in [2.24, 2.45) is 5.73 Å². The lowest BCUT2D eigenvalue weighted by atomic mass is 10.1. The van der Waals surface area contributed by atoms with Gasteiger partial charge in [-0.15, -0.1) is 0 Å². The molecule has 7 heteroatoms. The van der Waals surface area contributed by atoms with Crippen molar-refractivity contribution < 1.29 is 14.3 Å². The summed E-state index contributed by atoms with van der Waals surface area (Å²) in [5.74, 6) is 1.50. The van der Waals surface area contributed by atoms with E-state index in [2.05, 4.69) is 15.3 Å². The lowest BCUT2D eigenvalue weighted by molar-refractivity contribution is 0.100. The third-order valence-electron chi connectivity index (χ3n) is 3.79. The summed E-state index contributed by atoms with van der Waals surface area (Å²) in [7, 11) is 3.20. The summed E-state index contributed by atoms with van der Waals surface area (Å²) in [6.07, 6.45) is 1.47. The highest BCUT2D eigenvalue weighted by molar-refractivity contribution is 5.93. The Bertz CT molecular complexity index is 926. The number of nitrogens with two attached hydrogens (primary N) is 1. The van der Waals surface area contributed by atoms with E-state index in [1.54, 1.807) is 44.6 Å². The first-order valence-electron chi connectivity index (χ1n) is 7.82. The second-order valence-corrected chi connectivity index (χ2v) is 5.42. The van der Waals surface area contributed by atoms with Crippen LogP contribution in [0.4, 0.5) is 11.5 Å². The molecule has 3 rings (SSSR count). The smallest absolute Gasteiger partial charge is 0.248 e. The monoisotopic (exact) mass is 350 g/mol. The van der Waals surface area contributed by atoms with Crippen LogP contribution in [0.25, 0.3) is 11.3 Å². The molecule has 3 aromatic rings. The predicted octanol–water partition coefficient (Wildman–Crippen LogP) is 3.00. The molecule has 1 aromatic heterocycles. The van der Waals surface area contributed by atoms with Gasteiger partial charge in [0.15, 0.2) is 0 Å². The lowest BCUT2D eigenvalue weighted by Crippen LogP contribution is -2.10. The molecule has 0 saturated heterocycles. The van der Waals surface area contributed by atoms with E-state index in [1.807, 2.05) is 18.2 Å². The number of amides is 1. The molecule has 0 radical (unpaired) electrons. The Morgan fingerprint density at radius 1 is 1.00 bits per heavy atom. The molecule has 0 saturated carbocycles. The lowest BCUT2D eigenvalue weighted by Gasteiger charge is -2.11. The molecule has 0 spiro atoms. The highest BCUT2D eigenvalue weighted by atomic mass is 16.5. The van der Waals surface area contributed by atoms with Crippen LogP contribution >= 0.6 is 0 Å². The molecular formula is C19H18N4O3. The number of carbonyl (C=O) groups excluding carboxylic acids is 1. The maximum absolute atomic E-state index is 11.1. The topological polar surface area (TPSA) is 99.4 Å². The van der Waals surface area contributed by atoms with E-state index >= 15 is 0 Å². The fourth-order valence-corrected chi connectivity index (χ4v) is 2.45. The van der Waals surface area contributed by atoms with Gasteiger partial charge in [0.25, 0.3) is 0 Å². The predicted molar refractivity (Wildman–Crippen MR) is 98.8 cm³/mol. The number of methoxy groups -OCH3 is 2. The summed E-state index contributed by atoms with van der Waals surface area (Å²) in [6, 6.07) is 14.2. The van der Waals surface area contributed by atoms with Crippen LogP contribution in [0, 0.1) is 0 Å². The maximum atomic E-state index is 11.1. The minimum Gasteiger partial charge on any atom is -0.497 e. The Labute approximate surface area is 150 Å². The summed E-state index contributed by atoms with van der Waals surface area (Å²) < 4.78 is 10.7. The fourth-order valence-electron chi connectivity index (χ4n) is 2.45. The van der Waals surface area contributed by atoms with Gasteiger partial charge in [0.05, 0.1) is 19.9 Å². The number of rotatable bonds is 6. The molecule has 1 amide bonds. The Balaban J connectivity index is 1.88. The second-order valence-electron chi connectivity index (χ2n) is 5.42. The molecule has 0 aliphatic carbocycles. The third kappa shape index (κ3) is 3.72. The summed E-state index contributed by atoms with van der Waals surface area (Å²) in [5, 5.41) is 3.17. The van der Waals surface area contributed by atoms with Gasteiger partial charge in [0.1, 0.15) is 23.6 Å². The second kappa shape index (κ2) is 7.52. The first-order valence-corrected chi connectivity index (χ1v) is 7.82. The van der Waals surface area contributed by atoms with Crippen molar-refractivity contribution in [2.45, 2.75) is 0 Å². The number of hydrogen-bond acceptors (Lipinski definition) is 6.